The lowest BCUT2D eigenvalue weighted by molar-refractivity contribution is 0.171. The molecule has 2 heterocycles. The van der Waals surface area contributed by atoms with E-state index >= 15 is 0 Å². The molecule has 1 unspecified atom stereocenters. The number of sulfonamides is 1. The van der Waals surface area contributed by atoms with Gasteiger partial charge in [0.1, 0.15) is 0 Å². The van der Waals surface area contributed by atoms with E-state index in [0.717, 1.165) is 39.0 Å². The van der Waals surface area contributed by atoms with Gasteiger partial charge in [-0.05, 0) is 25.3 Å². The minimum atomic E-state index is -3.09. The predicted octanol–water partition coefficient (Wildman–Crippen LogP) is 0.342. The van der Waals surface area contributed by atoms with Gasteiger partial charge in [-0.3, -0.25) is 0 Å². The predicted molar refractivity (Wildman–Crippen MR) is 77.7 cm³/mol. The highest BCUT2D eigenvalue weighted by atomic mass is 32.2. The first-order chi connectivity index (χ1) is 9.00. The topological polar surface area (TPSA) is 52.7 Å². The van der Waals surface area contributed by atoms with E-state index < -0.39 is 10.0 Å². The first-order valence-corrected chi connectivity index (χ1v) is 8.92. The summed E-state index contributed by atoms with van der Waals surface area (Å²) in [6.45, 7) is 10.1. The maximum atomic E-state index is 12.5. The third-order valence-electron chi connectivity index (χ3n) is 3.99. The lowest BCUT2D eigenvalue weighted by atomic mass is 10.2. The van der Waals surface area contributed by atoms with Gasteiger partial charge in [0.25, 0.3) is 0 Å². The van der Waals surface area contributed by atoms with Gasteiger partial charge in [-0.25, -0.2) is 8.42 Å². The Morgan fingerprint density at radius 2 is 1.89 bits per heavy atom. The van der Waals surface area contributed by atoms with Crippen LogP contribution in [0.1, 0.15) is 26.7 Å². The van der Waals surface area contributed by atoms with Crippen molar-refractivity contribution in [1.82, 2.24) is 14.5 Å². The standard InChI is InChI=1S/C13H27N3O2S/c1-12(2)11-15-6-8-16(9-7-15)19(17,18)13-4-3-5-14-10-13/h12-14H,3-11H2,1-2H3. The summed E-state index contributed by atoms with van der Waals surface area (Å²) in [5.74, 6) is 0.644. The molecule has 0 aliphatic carbocycles. The van der Waals surface area contributed by atoms with Crippen LogP contribution in [0.15, 0.2) is 0 Å². The van der Waals surface area contributed by atoms with Crippen molar-refractivity contribution in [3.63, 3.8) is 0 Å². The number of piperidine rings is 1. The van der Waals surface area contributed by atoms with E-state index in [1.54, 1.807) is 4.31 Å². The second-order valence-corrected chi connectivity index (χ2v) is 8.32. The minimum absolute atomic E-state index is 0.210. The molecular formula is C13H27N3O2S. The largest absolute Gasteiger partial charge is 0.315 e. The number of nitrogens with zero attached hydrogens (tertiary/aromatic N) is 2. The summed E-state index contributed by atoms with van der Waals surface area (Å²) in [5.41, 5.74) is 0. The molecule has 19 heavy (non-hydrogen) atoms. The molecule has 0 radical (unpaired) electrons. The van der Waals surface area contributed by atoms with E-state index in [4.69, 9.17) is 0 Å². The van der Waals surface area contributed by atoms with Gasteiger partial charge in [-0.2, -0.15) is 4.31 Å². The average molecular weight is 289 g/mol. The lowest BCUT2D eigenvalue weighted by Crippen LogP contribution is -2.53. The highest BCUT2D eigenvalue weighted by Gasteiger charge is 2.34. The van der Waals surface area contributed by atoms with Crippen molar-refractivity contribution in [3.05, 3.63) is 0 Å². The first kappa shape index (κ1) is 15.2. The maximum absolute atomic E-state index is 12.5. The van der Waals surface area contributed by atoms with Crippen LogP contribution in [0.5, 0.6) is 0 Å². The summed E-state index contributed by atoms with van der Waals surface area (Å²) in [5, 5.41) is 2.99. The average Bonchev–Trinajstić information content (AvgIpc) is 2.40. The molecule has 2 rings (SSSR count). The van der Waals surface area contributed by atoms with Crippen molar-refractivity contribution in [2.24, 2.45) is 5.92 Å². The minimum Gasteiger partial charge on any atom is -0.315 e. The van der Waals surface area contributed by atoms with Crippen LogP contribution in [-0.4, -0.2) is 68.7 Å². The maximum Gasteiger partial charge on any atom is 0.218 e. The summed E-state index contributed by atoms with van der Waals surface area (Å²) in [4.78, 5) is 2.37. The van der Waals surface area contributed by atoms with Gasteiger partial charge in [0.05, 0.1) is 5.25 Å². The second-order valence-electron chi connectivity index (χ2n) is 6.11. The van der Waals surface area contributed by atoms with E-state index in [0.29, 0.717) is 25.6 Å². The molecule has 5 nitrogen and oxygen atoms in total. The summed E-state index contributed by atoms with van der Waals surface area (Å²) < 4.78 is 26.8. The fourth-order valence-electron chi connectivity index (χ4n) is 2.97. The number of piperazine rings is 1. The molecule has 6 heteroatoms. The fraction of sp³-hybridized carbons (Fsp3) is 1.00. The molecule has 2 fully saturated rings. The molecule has 0 spiro atoms. The Morgan fingerprint density at radius 1 is 1.21 bits per heavy atom. The Labute approximate surface area is 117 Å². The van der Waals surface area contributed by atoms with Gasteiger partial charge in [-0.15, -0.1) is 0 Å². The van der Waals surface area contributed by atoms with Crippen LogP contribution in [0, 0.1) is 5.92 Å². The van der Waals surface area contributed by atoms with Gasteiger partial charge in [0, 0.05) is 39.3 Å². The van der Waals surface area contributed by atoms with E-state index in [-0.39, 0.29) is 5.25 Å². The van der Waals surface area contributed by atoms with E-state index in [2.05, 4.69) is 24.1 Å². The third-order valence-corrected chi connectivity index (χ3v) is 6.32. The quantitative estimate of drug-likeness (QED) is 0.811. The molecule has 0 bridgehead atoms. The Balaban J connectivity index is 1.89. The lowest BCUT2D eigenvalue weighted by Gasteiger charge is -2.37. The Bertz CT molecular complexity index is 369. The molecule has 2 aliphatic heterocycles. The van der Waals surface area contributed by atoms with Crippen molar-refractivity contribution in [3.8, 4) is 0 Å². The highest BCUT2D eigenvalue weighted by molar-refractivity contribution is 7.89. The van der Waals surface area contributed by atoms with Crippen LogP contribution >= 0.6 is 0 Å². The van der Waals surface area contributed by atoms with E-state index in [1.807, 2.05) is 0 Å². The van der Waals surface area contributed by atoms with Crippen LogP contribution in [0.2, 0.25) is 0 Å². The van der Waals surface area contributed by atoms with Gasteiger partial charge in [0.15, 0.2) is 0 Å². The van der Waals surface area contributed by atoms with Crippen LogP contribution in [0.25, 0.3) is 0 Å². The number of hydrogen-bond acceptors (Lipinski definition) is 4. The molecule has 0 amide bonds. The van der Waals surface area contributed by atoms with Crippen LogP contribution in [0.3, 0.4) is 0 Å². The monoisotopic (exact) mass is 289 g/mol. The Hall–Kier alpha value is -0.170. The molecule has 0 saturated carbocycles. The van der Waals surface area contributed by atoms with Gasteiger partial charge >= 0.3 is 0 Å². The van der Waals surface area contributed by atoms with Gasteiger partial charge < -0.3 is 10.2 Å². The number of hydrogen-bond donors (Lipinski definition) is 1. The zero-order valence-corrected chi connectivity index (χ0v) is 13.0. The SMILES string of the molecule is CC(C)CN1CCN(S(=O)(=O)C2CCCNC2)CC1. The molecule has 0 aromatic carbocycles. The van der Waals surface area contributed by atoms with E-state index in [1.165, 1.54) is 0 Å². The third kappa shape index (κ3) is 3.90. The summed E-state index contributed by atoms with van der Waals surface area (Å²) in [6.07, 6.45) is 1.78. The highest BCUT2D eigenvalue weighted by Crippen LogP contribution is 2.18. The van der Waals surface area contributed by atoms with Crippen LogP contribution in [0.4, 0.5) is 0 Å². The fourth-order valence-corrected chi connectivity index (χ4v) is 4.85. The van der Waals surface area contributed by atoms with Crippen molar-refractivity contribution < 1.29 is 8.42 Å². The van der Waals surface area contributed by atoms with Gasteiger partial charge in [0.2, 0.25) is 10.0 Å². The van der Waals surface area contributed by atoms with Crippen LogP contribution in [-0.2, 0) is 10.0 Å². The van der Waals surface area contributed by atoms with E-state index in [9.17, 15) is 8.42 Å². The van der Waals surface area contributed by atoms with Gasteiger partial charge in [-0.1, -0.05) is 13.8 Å². The number of nitrogens with one attached hydrogen (secondary N) is 1. The Kier molecular flexibility index (Phi) is 5.22. The molecule has 0 aromatic heterocycles. The van der Waals surface area contributed by atoms with Crippen molar-refractivity contribution in [2.45, 2.75) is 31.9 Å². The molecular weight excluding hydrogens is 262 g/mol. The Morgan fingerprint density at radius 3 is 2.42 bits per heavy atom. The van der Waals surface area contributed by atoms with Crippen molar-refractivity contribution >= 4 is 10.0 Å². The molecule has 0 aromatic rings. The molecule has 2 aliphatic rings. The van der Waals surface area contributed by atoms with Crippen LogP contribution < -0.4 is 5.32 Å². The van der Waals surface area contributed by atoms with Crippen molar-refractivity contribution in [2.75, 3.05) is 45.8 Å². The zero-order chi connectivity index (χ0) is 13.9. The molecule has 112 valence electrons. The molecule has 1 N–H and O–H groups in total. The normalized spacial score (nSPS) is 27.8. The second kappa shape index (κ2) is 6.52. The first-order valence-electron chi connectivity index (χ1n) is 7.42. The molecule has 1 atom stereocenters. The van der Waals surface area contributed by atoms with Crippen molar-refractivity contribution in [1.29, 1.82) is 0 Å². The smallest absolute Gasteiger partial charge is 0.218 e. The summed E-state index contributed by atoms with van der Waals surface area (Å²) in [7, 11) is -3.09. The number of rotatable bonds is 4. The zero-order valence-electron chi connectivity index (χ0n) is 12.1. The molecule has 2 saturated heterocycles. The summed E-state index contributed by atoms with van der Waals surface area (Å²) >= 11 is 0. The summed E-state index contributed by atoms with van der Waals surface area (Å²) in [6, 6.07) is 0.